The molecule has 5 rings (SSSR count). The van der Waals surface area contributed by atoms with Gasteiger partial charge in [-0.15, -0.1) is 0 Å². The average Bonchev–Trinajstić information content (AvgIpc) is 3.18. The summed E-state index contributed by atoms with van der Waals surface area (Å²) in [6.45, 7) is 0.703. The van der Waals surface area contributed by atoms with Gasteiger partial charge in [0.25, 0.3) is 0 Å². The zero-order valence-electron chi connectivity index (χ0n) is 31.1. The van der Waals surface area contributed by atoms with E-state index in [-0.39, 0.29) is 24.3 Å². The summed E-state index contributed by atoms with van der Waals surface area (Å²) in [6.07, 6.45) is -22.8. The fourth-order valence-electron chi connectivity index (χ4n) is 6.44. The number of phenols is 4. The first-order valence-electron chi connectivity index (χ1n) is 18.1. The smallest absolute Gasteiger partial charge is 0.331 e. The molecular formula is C37H48O21. The maximum absolute atomic E-state index is 13.5. The second kappa shape index (κ2) is 19.7. The van der Waals surface area contributed by atoms with Crippen LogP contribution in [-0.2, 0) is 53.9 Å². The van der Waals surface area contributed by atoms with Crippen LogP contribution >= 0.6 is 0 Å². The van der Waals surface area contributed by atoms with E-state index in [2.05, 4.69) is 0 Å². The number of aromatic hydroxyl groups is 4. The van der Waals surface area contributed by atoms with Crippen LogP contribution < -0.4 is 0 Å². The van der Waals surface area contributed by atoms with Crippen LogP contribution in [0.1, 0.15) is 25.0 Å². The molecule has 15 unspecified atom stereocenters. The molecule has 21 nitrogen and oxygen atoms in total. The lowest BCUT2D eigenvalue weighted by molar-refractivity contribution is -0.364. The molecule has 11 N–H and O–H groups in total. The average molecular weight is 829 g/mol. The summed E-state index contributed by atoms with van der Waals surface area (Å²) in [4.78, 5) is 26.1. The summed E-state index contributed by atoms with van der Waals surface area (Å²) in [5, 5.41) is 112. The number of carbonyl (C=O) groups excluding carboxylic acids is 2. The lowest BCUT2D eigenvalue weighted by atomic mass is 9.96. The molecular weight excluding hydrogens is 780 g/mol. The van der Waals surface area contributed by atoms with Crippen molar-refractivity contribution in [2.45, 2.75) is 112 Å². The molecule has 0 aliphatic carbocycles. The SMILES string of the molecule is CC(=O)OC1C(OCCc2ccc(O)c(O)c2)OC(COC2OC(CO)C(O)C(O)C2O)C(OC(=O)C=Cc2ccc(O)c(O)c2)C1OC1OC(C)C(O)C(O)C1O. The minimum Gasteiger partial charge on any atom is -0.504 e. The number of aliphatic hydroxyl groups is 7. The minimum atomic E-state index is -1.92. The molecule has 2 aromatic carbocycles. The van der Waals surface area contributed by atoms with Gasteiger partial charge in [-0.2, -0.15) is 0 Å². The molecule has 15 atom stereocenters. The zero-order valence-corrected chi connectivity index (χ0v) is 31.1. The molecule has 3 fully saturated rings. The number of phenolic OH excluding ortho intramolecular Hbond substituents is 4. The van der Waals surface area contributed by atoms with E-state index in [1.54, 1.807) is 0 Å². The molecule has 3 aliphatic rings. The van der Waals surface area contributed by atoms with Crippen molar-refractivity contribution in [1.29, 1.82) is 0 Å². The van der Waals surface area contributed by atoms with Gasteiger partial charge in [0.05, 0.1) is 25.9 Å². The normalized spacial score (nSPS) is 35.4. The molecule has 3 heterocycles. The van der Waals surface area contributed by atoms with E-state index < -0.39 is 135 Å². The number of aliphatic hydroxyl groups excluding tert-OH is 7. The third-order valence-corrected chi connectivity index (χ3v) is 9.64. The number of benzene rings is 2. The van der Waals surface area contributed by atoms with Gasteiger partial charge in [-0.1, -0.05) is 12.1 Å². The quantitative estimate of drug-likeness (QED) is 0.0527. The summed E-state index contributed by atoms with van der Waals surface area (Å²) in [7, 11) is 0. The maximum atomic E-state index is 13.5. The topological polar surface area (TPSA) is 331 Å². The Kier molecular flexibility index (Phi) is 15.2. The monoisotopic (exact) mass is 828 g/mol. The number of carbonyl (C=O) groups is 2. The summed E-state index contributed by atoms with van der Waals surface area (Å²) in [5.41, 5.74) is 0.738. The van der Waals surface area contributed by atoms with Crippen LogP contribution in [0, 0.1) is 0 Å². The Balaban J connectivity index is 1.50. The molecule has 0 bridgehead atoms. The molecule has 0 aromatic heterocycles. The highest BCUT2D eigenvalue weighted by Gasteiger charge is 2.55. The van der Waals surface area contributed by atoms with Crippen molar-refractivity contribution in [2.24, 2.45) is 0 Å². The zero-order chi connectivity index (χ0) is 42.4. The van der Waals surface area contributed by atoms with Crippen LogP contribution in [0.25, 0.3) is 6.08 Å². The van der Waals surface area contributed by atoms with Crippen molar-refractivity contribution in [1.82, 2.24) is 0 Å². The van der Waals surface area contributed by atoms with Gasteiger partial charge in [0.2, 0.25) is 0 Å². The van der Waals surface area contributed by atoms with Crippen molar-refractivity contribution in [3.8, 4) is 23.0 Å². The fraction of sp³-hybridized carbons (Fsp3) is 0.568. The van der Waals surface area contributed by atoms with Crippen LogP contribution in [0.5, 0.6) is 23.0 Å². The second-order valence-electron chi connectivity index (χ2n) is 13.9. The first kappa shape index (κ1) is 44.9. The molecule has 2 aromatic rings. The molecule has 21 heteroatoms. The van der Waals surface area contributed by atoms with E-state index in [4.69, 9.17) is 37.9 Å². The molecule has 3 aliphatic heterocycles. The van der Waals surface area contributed by atoms with E-state index in [9.17, 15) is 65.8 Å². The first-order chi connectivity index (χ1) is 27.5. The second-order valence-corrected chi connectivity index (χ2v) is 13.9. The van der Waals surface area contributed by atoms with Crippen LogP contribution in [-0.4, -0.2) is 180 Å². The molecule has 0 radical (unpaired) electrons. The Labute approximate surface area is 330 Å². The molecule has 0 saturated carbocycles. The standard InChI is InChI=1S/C37H48O21/c1-15-26(45)28(47)31(50)36(53-15)58-33-32(57-25(44)8-5-17-3-6-19(40)21(42)11-17)24(14-52-35-30(49)29(48)27(46)23(13-38)55-35)56-37(34(33)54-16(2)39)51-10-9-18-4-7-20(41)22(43)12-18/h3-8,11-12,15,23-24,26-38,40-43,45-50H,9-10,13-14H2,1-2H3. The Bertz CT molecular complexity index is 1720. The highest BCUT2D eigenvalue weighted by Crippen LogP contribution is 2.35. The van der Waals surface area contributed by atoms with E-state index >= 15 is 0 Å². The number of esters is 2. The largest absolute Gasteiger partial charge is 0.504 e. The number of rotatable bonds is 14. The van der Waals surface area contributed by atoms with E-state index in [0.717, 1.165) is 19.1 Å². The highest BCUT2D eigenvalue weighted by molar-refractivity contribution is 5.87. The number of hydrogen-bond acceptors (Lipinski definition) is 21. The van der Waals surface area contributed by atoms with Crippen molar-refractivity contribution >= 4 is 18.0 Å². The van der Waals surface area contributed by atoms with Gasteiger partial charge in [-0.3, -0.25) is 4.79 Å². The maximum Gasteiger partial charge on any atom is 0.331 e. The number of hydrogen-bond donors (Lipinski definition) is 11. The Morgan fingerprint density at radius 3 is 1.97 bits per heavy atom. The lowest BCUT2D eigenvalue weighted by Crippen LogP contribution is -2.66. The van der Waals surface area contributed by atoms with Gasteiger partial charge in [0.15, 0.2) is 54.1 Å². The van der Waals surface area contributed by atoms with E-state index in [0.29, 0.717) is 5.56 Å². The summed E-state index contributed by atoms with van der Waals surface area (Å²) < 4.78 is 46.6. The Morgan fingerprint density at radius 1 is 0.672 bits per heavy atom. The Morgan fingerprint density at radius 2 is 1.31 bits per heavy atom. The van der Waals surface area contributed by atoms with Gasteiger partial charge >= 0.3 is 11.9 Å². The van der Waals surface area contributed by atoms with E-state index in [1.165, 1.54) is 43.3 Å². The summed E-state index contributed by atoms with van der Waals surface area (Å²) in [6, 6.07) is 7.70. The fourth-order valence-corrected chi connectivity index (χ4v) is 6.44. The van der Waals surface area contributed by atoms with Crippen molar-refractivity contribution in [3.05, 3.63) is 53.6 Å². The Hall–Kier alpha value is -4.20. The minimum absolute atomic E-state index is 0.0835. The molecule has 3 saturated heterocycles. The number of ether oxygens (including phenoxy) is 8. The molecule has 58 heavy (non-hydrogen) atoms. The van der Waals surface area contributed by atoms with Crippen LogP contribution in [0.2, 0.25) is 0 Å². The van der Waals surface area contributed by atoms with Crippen molar-refractivity contribution in [3.63, 3.8) is 0 Å². The van der Waals surface area contributed by atoms with Crippen LogP contribution in [0.15, 0.2) is 42.5 Å². The predicted octanol–water partition coefficient (Wildman–Crippen LogP) is -2.62. The van der Waals surface area contributed by atoms with E-state index in [1.807, 2.05) is 0 Å². The third kappa shape index (κ3) is 10.7. The third-order valence-electron chi connectivity index (χ3n) is 9.64. The molecule has 0 amide bonds. The summed E-state index contributed by atoms with van der Waals surface area (Å²) in [5.74, 6) is -3.70. The lowest BCUT2D eigenvalue weighted by Gasteiger charge is -2.48. The molecule has 322 valence electrons. The van der Waals surface area contributed by atoms with Gasteiger partial charge in [-0.25, -0.2) is 4.79 Å². The van der Waals surface area contributed by atoms with Crippen molar-refractivity contribution in [2.75, 3.05) is 19.8 Å². The highest BCUT2D eigenvalue weighted by atomic mass is 16.8. The van der Waals surface area contributed by atoms with Crippen molar-refractivity contribution < 1.29 is 104 Å². The predicted molar refractivity (Wildman–Crippen MR) is 189 cm³/mol. The van der Waals surface area contributed by atoms with Crippen LogP contribution in [0.3, 0.4) is 0 Å². The first-order valence-corrected chi connectivity index (χ1v) is 18.1. The van der Waals surface area contributed by atoms with Gasteiger partial charge < -0.3 is 94.1 Å². The summed E-state index contributed by atoms with van der Waals surface area (Å²) >= 11 is 0. The molecule has 0 spiro atoms. The van der Waals surface area contributed by atoms with Gasteiger partial charge in [-0.05, 0) is 54.8 Å². The van der Waals surface area contributed by atoms with Gasteiger partial charge in [0, 0.05) is 13.0 Å². The van der Waals surface area contributed by atoms with Gasteiger partial charge in [0.1, 0.15) is 54.9 Å². The van der Waals surface area contributed by atoms with Crippen LogP contribution in [0.4, 0.5) is 0 Å².